The summed E-state index contributed by atoms with van der Waals surface area (Å²) < 4.78 is 0. The summed E-state index contributed by atoms with van der Waals surface area (Å²) in [4.78, 5) is 10.6. The predicted octanol–water partition coefficient (Wildman–Crippen LogP) is 1.13. The molecule has 1 rings (SSSR count). The maximum atomic E-state index is 10.6. The lowest BCUT2D eigenvalue weighted by Crippen LogP contribution is -2.58. The largest absolute Gasteiger partial charge is 0.481 e. The van der Waals surface area contributed by atoms with Crippen LogP contribution in [0.25, 0.3) is 0 Å². The quantitative estimate of drug-likeness (QED) is 0.707. The standard InChI is InChI=1S/C10H16N2O2/c1-3-7(2)12-10(6-11)4-8(5-10)9(13)14/h7-8,12H,3-5H2,1-2H3,(H,13,14). The summed E-state index contributed by atoms with van der Waals surface area (Å²) in [6.07, 6.45) is 1.81. The van der Waals surface area contributed by atoms with Gasteiger partial charge in [0.2, 0.25) is 0 Å². The molecule has 0 amide bonds. The van der Waals surface area contributed by atoms with Crippen molar-refractivity contribution >= 4 is 5.97 Å². The van der Waals surface area contributed by atoms with Crippen molar-refractivity contribution in [3.8, 4) is 6.07 Å². The Kier molecular flexibility index (Phi) is 3.12. The molecule has 0 aromatic carbocycles. The maximum Gasteiger partial charge on any atom is 0.306 e. The molecule has 0 heterocycles. The number of carboxylic acid groups (broad SMARTS) is 1. The second-order valence-electron chi connectivity index (χ2n) is 4.09. The van der Waals surface area contributed by atoms with Gasteiger partial charge in [-0.3, -0.25) is 10.1 Å². The van der Waals surface area contributed by atoms with E-state index in [0.717, 1.165) is 6.42 Å². The van der Waals surface area contributed by atoms with Crippen LogP contribution in [-0.4, -0.2) is 22.7 Å². The zero-order valence-corrected chi connectivity index (χ0v) is 8.58. The Labute approximate surface area is 83.9 Å². The van der Waals surface area contributed by atoms with Crippen molar-refractivity contribution in [2.75, 3.05) is 0 Å². The van der Waals surface area contributed by atoms with Gasteiger partial charge in [0.15, 0.2) is 0 Å². The molecule has 0 aliphatic heterocycles. The average Bonchev–Trinajstić information content (AvgIpc) is 2.09. The van der Waals surface area contributed by atoms with Gasteiger partial charge in [0.1, 0.15) is 5.54 Å². The molecule has 0 radical (unpaired) electrons. The zero-order valence-electron chi connectivity index (χ0n) is 8.58. The van der Waals surface area contributed by atoms with E-state index >= 15 is 0 Å². The third kappa shape index (κ3) is 2.05. The minimum Gasteiger partial charge on any atom is -0.481 e. The molecule has 0 bridgehead atoms. The molecule has 0 spiro atoms. The summed E-state index contributed by atoms with van der Waals surface area (Å²) in [7, 11) is 0. The fraction of sp³-hybridized carbons (Fsp3) is 0.800. The summed E-state index contributed by atoms with van der Waals surface area (Å²) >= 11 is 0. The monoisotopic (exact) mass is 196 g/mol. The summed E-state index contributed by atoms with van der Waals surface area (Å²) in [5.74, 6) is -1.13. The lowest BCUT2D eigenvalue weighted by molar-refractivity contribution is -0.146. The molecule has 1 atom stereocenters. The highest BCUT2D eigenvalue weighted by atomic mass is 16.4. The lowest BCUT2D eigenvalue weighted by Gasteiger charge is -2.42. The molecule has 4 heteroatoms. The van der Waals surface area contributed by atoms with E-state index in [1.54, 1.807) is 0 Å². The highest BCUT2D eigenvalue weighted by Crippen LogP contribution is 2.37. The molecule has 0 saturated heterocycles. The first kappa shape index (κ1) is 11.0. The van der Waals surface area contributed by atoms with Crippen molar-refractivity contribution < 1.29 is 9.90 Å². The van der Waals surface area contributed by atoms with Crippen molar-refractivity contribution in [3.63, 3.8) is 0 Å². The lowest BCUT2D eigenvalue weighted by atomic mass is 9.68. The van der Waals surface area contributed by atoms with E-state index in [1.165, 1.54) is 0 Å². The first-order valence-electron chi connectivity index (χ1n) is 4.94. The SMILES string of the molecule is CCC(C)NC1(C#N)CC(C(=O)O)C1. The fourth-order valence-electron chi connectivity index (χ4n) is 1.77. The number of carboxylic acids is 1. The number of hydrogen-bond donors (Lipinski definition) is 2. The Balaban J connectivity index is 2.50. The highest BCUT2D eigenvalue weighted by Gasteiger charge is 2.48. The molecule has 0 aromatic rings. The first-order chi connectivity index (χ1) is 6.53. The zero-order chi connectivity index (χ0) is 10.8. The number of rotatable bonds is 4. The molecule has 1 aliphatic carbocycles. The van der Waals surface area contributed by atoms with Gasteiger partial charge in [-0.1, -0.05) is 6.92 Å². The van der Waals surface area contributed by atoms with E-state index in [4.69, 9.17) is 10.4 Å². The van der Waals surface area contributed by atoms with Gasteiger partial charge in [0.25, 0.3) is 0 Å². The molecule has 2 N–H and O–H groups in total. The highest BCUT2D eigenvalue weighted by molar-refractivity contribution is 5.72. The van der Waals surface area contributed by atoms with Gasteiger partial charge in [0, 0.05) is 6.04 Å². The van der Waals surface area contributed by atoms with Crippen molar-refractivity contribution in [3.05, 3.63) is 0 Å². The third-order valence-electron chi connectivity index (χ3n) is 2.89. The Morgan fingerprint density at radius 3 is 2.71 bits per heavy atom. The molecule has 78 valence electrons. The van der Waals surface area contributed by atoms with Crippen LogP contribution in [-0.2, 0) is 4.79 Å². The van der Waals surface area contributed by atoms with Crippen molar-refractivity contribution in [1.82, 2.24) is 5.32 Å². The van der Waals surface area contributed by atoms with Crippen LogP contribution < -0.4 is 5.32 Å². The van der Waals surface area contributed by atoms with Crippen LogP contribution in [0.1, 0.15) is 33.1 Å². The molecule has 1 unspecified atom stereocenters. The second kappa shape index (κ2) is 3.97. The molecule has 1 saturated carbocycles. The van der Waals surface area contributed by atoms with Crippen molar-refractivity contribution in [2.24, 2.45) is 5.92 Å². The molecule has 4 nitrogen and oxygen atoms in total. The van der Waals surface area contributed by atoms with Gasteiger partial charge in [0.05, 0.1) is 12.0 Å². The number of nitriles is 1. The molecule has 0 aromatic heterocycles. The van der Waals surface area contributed by atoms with Gasteiger partial charge in [-0.05, 0) is 26.2 Å². The van der Waals surface area contributed by atoms with E-state index in [0.29, 0.717) is 12.8 Å². The maximum absolute atomic E-state index is 10.6. The van der Waals surface area contributed by atoms with Gasteiger partial charge in [-0.2, -0.15) is 5.26 Å². The van der Waals surface area contributed by atoms with E-state index in [9.17, 15) is 4.79 Å². The van der Waals surface area contributed by atoms with E-state index in [-0.39, 0.29) is 12.0 Å². The van der Waals surface area contributed by atoms with Gasteiger partial charge >= 0.3 is 5.97 Å². The third-order valence-corrected chi connectivity index (χ3v) is 2.89. The fourth-order valence-corrected chi connectivity index (χ4v) is 1.77. The van der Waals surface area contributed by atoms with Crippen LogP contribution in [0.15, 0.2) is 0 Å². The summed E-state index contributed by atoms with van der Waals surface area (Å²) in [6, 6.07) is 2.46. The number of aliphatic carboxylic acids is 1. The summed E-state index contributed by atoms with van der Waals surface area (Å²) in [5, 5.41) is 20.9. The Morgan fingerprint density at radius 1 is 1.79 bits per heavy atom. The van der Waals surface area contributed by atoms with E-state index in [2.05, 4.69) is 11.4 Å². The number of nitrogens with one attached hydrogen (secondary N) is 1. The number of carbonyl (C=O) groups is 1. The van der Waals surface area contributed by atoms with Crippen molar-refractivity contribution in [1.29, 1.82) is 5.26 Å². The number of nitrogens with zero attached hydrogens (tertiary/aromatic N) is 1. The number of hydrogen-bond acceptors (Lipinski definition) is 3. The predicted molar refractivity (Wildman–Crippen MR) is 51.6 cm³/mol. The molecular weight excluding hydrogens is 180 g/mol. The Hall–Kier alpha value is -1.08. The van der Waals surface area contributed by atoms with E-state index < -0.39 is 11.5 Å². The van der Waals surface area contributed by atoms with Gasteiger partial charge in [-0.15, -0.1) is 0 Å². The van der Waals surface area contributed by atoms with Crippen molar-refractivity contribution in [2.45, 2.75) is 44.7 Å². The van der Waals surface area contributed by atoms with Crippen LogP contribution in [0.4, 0.5) is 0 Å². The minimum atomic E-state index is -0.790. The second-order valence-corrected chi connectivity index (χ2v) is 4.09. The summed E-state index contributed by atoms with van der Waals surface area (Å²) in [5.41, 5.74) is -0.585. The van der Waals surface area contributed by atoms with Crippen LogP contribution >= 0.6 is 0 Å². The Morgan fingerprint density at radius 2 is 2.36 bits per heavy atom. The van der Waals surface area contributed by atoms with E-state index in [1.807, 2.05) is 13.8 Å². The van der Waals surface area contributed by atoms with Crippen LogP contribution in [0.2, 0.25) is 0 Å². The molecular formula is C10H16N2O2. The van der Waals surface area contributed by atoms with Gasteiger partial charge in [-0.25, -0.2) is 0 Å². The van der Waals surface area contributed by atoms with Crippen LogP contribution in [0.5, 0.6) is 0 Å². The first-order valence-corrected chi connectivity index (χ1v) is 4.94. The topological polar surface area (TPSA) is 73.1 Å². The van der Waals surface area contributed by atoms with Gasteiger partial charge < -0.3 is 5.11 Å². The molecule has 1 aliphatic rings. The van der Waals surface area contributed by atoms with Crippen LogP contribution in [0, 0.1) is 17.2 Å². The van der Waals surface area contributed by atoms with Crippen LogP contribution in [0.3, 0.4) is 0 Å². The minimum absolute atomic E-state index is 0.268. The smallest absolute Gasteiger partial charge is 0.306 e. The Bertz CT molecular complexity index is 264. The molecule has 1 fully saturated rings. The average molecular weight is 196 g/mol. The normalized spacial score (nSPS) is 32.8. The summed E-state index contributed by atoms with van der Waals surface area (Å²) in [6.45, 7) is 4.04. The molecule has 14 heavy (non-hydrogen) atoms.